The third-order valence-electron chi connectivity index (χ3n) is 3.75. The van der Waals surface area contributed by atoms with Crippen LogP contribution < -0.4 is 10.6 Å². The van der Waals surface area contributed by atoms with Crippen molar-refractivity contribution in [1.82, 2.24) is 10.6 Å². The average Bonchev–Trinajstić information content (AvgIpc) is 2.71. The topological polar surface area (TPSA) is 59.6 Å². The highest BCUT2D eigenvalue weighted by Gasteiger charge is 2.42. The SMILES string of the molecule is COC1(CNC(C)=O)CNCCOC1c1ccc(Cl)c(F)c1.Cl. The Morgan fingerprint density at radius 1 is 1.61 bits per heavy atom. The predicted molar refractivity (Wildman–Crippen MR) is 88.6 cm³/mol. The van der Waals surface area contributed by atoms with E-state index in [1.165, 1.54) is 19.1 Å². The summed E-state index contributed by atoms with van der Waals surface area (Å²) < 4.78 is 25.4. The third-order valence-corrected chi connectivity index (χ3v) is 4.06. The van der Waals surface area contributed by atoms with Gasteiger partial charge in [0.1, 0.15) is 17.5 Å². The molecule has 1 aliphatic rings. The molecule has 0 aromatic heterocycles. The molecule has 1 heterocycles. The molecular weight excluding hydrogens is 346 g/mol. The number of hydrogen-bond acceptors (Lipinski definition) is 4. The lowest BCUT2D eigenvalue weighted by molar-refractivity contribution is -0.129. The summed E-state index contributed by atoms with van der Waals surface area (Å²) in [5, 5.41) is 6.03. The summed E-state index contributed by atoms with van der Waals surface area (Å²) in [6.45, 7) is 3.27. The van der Waals surface area contributed by atoms with Crippen LogP contribution in [0.15, 0.2) is 18.2 Å². The molecule has 0 bridgehead atoms. The molecule has 2 unspecified atom stereocenters. The van der Waals surface area contributed by atoms with Crippen molar-refractivity contribution in [3.8, 4) is 0 Å². The standard InChI is InChI=1S/C15H20ClFN2O3.ClH/c1-10(20)19-9-15(21-2)8-18-5-6-22-14(15)11-3-4-12(16)13(17)7-11;/h3-4,7,14,18H,5-6,8-9H2,1-2H3,(H,19,20);1H. The van der Waals surface area contributed by atoms with Gasteiger partial charge in [-0.3, -0.25) is 4.79 Å². The number of benzene rings is 1. The fourth-order valence-electron chi connectivity index (χ4n) is 2.55. The molecular formula is C15H21Cl2FN2O3. The Bertz CT molecular complexity index is 547. The van der Waals surface area contributed by atoms with E-state index >= 15 is 0 Å². The number of amides is 1. The molecule has 2 N–H and O–H groups in total. The van der Waals surface area contributed by atoms with Gasteiger partial charge in [0.25, 0.3) is 0 Å². The van der Waals surface area contributed by atoms with E-state index in [4.69, 9.17) is 21.1 Å². The molecule has 8 heteroatoms. The number of hydrogen-bond donors (Lipinski definition) is 2. The minimum Gasteiger partial charge on any atom is -0.372 e. The molecule has 23 heavy (non-hydrogen) atoms. The first-order chi connectivity index (χ1) is 10.5. The maximum absolute atomic E-state index is 13.8. The van der Waals surface area contributed by atoms with Gasteiger partial charge < -0.3 is 20.1 Å². The second-order valence-corrected chi connectivity index (χ2v) is 5.69. The fourth-order valence-corrected chi connectivity index (χ4v) is 2.67. The van der Waals surface area contributed by atoms with Gasteiger partial charge >= 0.3 is 0 Å². The zero-order valence-corrected chi connectivity index (χ0v) is 14.6. The minimum absolute atomic E-state index is 0. The van der Waals surface area contributed by atoms with Crippen LogP contribution in [0.4, 0.5) is 4.39 Å². The summed E-state index contributed by atoms with van der Waals surface area (Å²) in [5.41, 5.74) is -0.208. The second kappa shape index (κ2) is 8.80. The van der Waals surface area contributed by atoms with Crippen LogP contribution in [0.2, 0.25) is 5.02 Å². The van der Waals surface area contributed by atoms with Gasteiger partial charge in [-0.2, -0.15) is 0 Å². The second-order valence-electron chi connectivity index (χ2n) is 5.28. The summed E-state index contributed by atoms with van der Waals surface area (Å²) >= 11 is 5.74. The van der Waals surface area contributed by atoms with Crippen LogP contribution in [0.1, 0.15) is 18.6 Å². The summed E-state index contributed by atoms with van der Waals surface area (Å²) in [6, 6.07) is 4.55. The molecule has 2 atom stereocenters. The monoisotopic (exact) mass is 366 g/mol. The van der Waals surface area contributed by atoms with E-state index in [1.54, 1.807) is 13.2 Å². The molecule has 5 nitrogen and oxygen atoms in total. The van der Waals surface area contributed by atoms with Crippen molar-refractivity contribution >= 4 is 29.9 Å². The first kappa shape index (κ1) is 20.1. The van der Waals surface area contributed by atoms with E-state index in [-0.39, 0.29) is 29.9 Å². The van der Waals surface area contributed by atoms with Gasteiger partial charge in [0, 0.05) is 27.1 Å². The highest BCUT2D eigenvalue weighted by Crippen LogP contribution is 2.34. The van der Waals surface area contributed by atoms with Crippen molar-refractivity contribution in [1.29, 1.82) is 0 Å². The smallest absolute Gasteiger partial charge is 0.216 e. The van der Waals surface area contributed by atoms with Crippen LogP contribution in [0, 0.1) is 5.82 Å². The maximum Gasteiger partial charge on any atom is 0.216 e. The minimum atomic E-state index is -0.831. The van der Waals surface area contributed by atoms with Gasteiger partial charge in [-0.1, -0.05) is 17.7 Å². The lowest BCUT2D eigenvalue weighted by Gasteiger charge is -2.38. The lowest BCUT2D eigenvalue weighted by atomic mass is 9.90. The molecule has 1 fully saturated rings. The van der Waals surface area contributed by atoms with E-state index in [1.807, 2.05) is 0 Å². The highest BCUT2D eigenvalue weighted by atomic mass is 35.5. The maximum atomic E-state index is 13.8. The van der Waals surface area contributed by atoms with Gasteiger partial charge in [-0.05, 0) is 17.7 Å². The van der Waals surface area contributed by atoms with Crippen LogP contribution in [-0.4, -0.2) is 44.9 Å². The van der Waals surface area contributed by atoms with Gasteiger partial charge in [-0.15, -0.1) is 12.4 Å². The Balaban J connectivity index is 0.00000264. The first-order valence-electron chi connectivity index (χ1n) is 7.05. The molecule has 130 valence electrons. The van der Waals surface area contributed by atoms with Gasteiger partial charge in [-0.25, -0.2) is 4.39 Å². The molecule has 0 spiro atoms. The third kappa shape index (κ3) is 4.78. The van der Waals surface area contributed by atoms with E-state index in [0.717, 1.165) is 0 Å². The Morgan fingerprint density at radius 3 is 2.96 bits per heavy atom. The van der Waals surface area contributed by atoms with E-state index in [9.17, 15) is 9.18 Å². The van der Waals surface area contributed by atoms with E-state index in [0.29, 0.717) is 25.3 Å². The first-order valence-corrected chi connectivity index (χ1v) is 7.43. The zero-order chi connectivity index (χ0) is 16.2. The van der Waals surface area contributed by atoms with E-state index < -0.39 is 17.5 Å². The molecule has 1 aliphatic heterocycles. The van der Waals surface area contributed by atoms with Crippen LogP contribution in [-0.2, 0) is 14.3 Å². The fraction of sp³-hybridized carbons (Fsp3) is 0.533. The molecule has 1 aromatic carbocycles. The van der Waals surface area contributed by atoms with Crippen LogP contribution in [0.3, 0.4) is 0 Å². The summed E-state index contributed by atoms with van der Waals surface area (Å²) in [5.74, 6) is -0.675. The number of rotatable bonds is 4. The van der Waals surface area contributed by atoms with Gasteiger partial charge in [0.2, 0.25) is 5.91 Å². The molecule has 1 saturated heterocycles. The van der Waals surface area contributed by atoms with Crippen molar-refractivity contribution in [3.05, 3.63) is 34.6 Å². The molecule has 0 radical (unpaired) electrons. The molecule has 0 saturated carbocycles. The van der Waals surface area contributed by atoms with Crippen molar-refractivity contribution in [2.24, 2.45) is 0 Å². The van der Waals surface area contributed by atoms with Gasteiger partial charge in [0.15, 0.2) is 0 Å². The summed E-state index contributed by atoms with van der Waals surface area (Å²) in [4.78, 5) is 11.3. The van der Waals surface area contributed by atoms with Crippen molar-refractivity contribution in [3.63, 3.8) is 0 Å². The Hall–Kier alpha value is -0.920. The zero-order valence-electron chi connectivity index (χ0n) is 13.0. The average molecular weight is 367 g/mol. The number of nitrogens with one attached hydrogen (secondary N) is 2. The Labute approximate surface area is 146 Å². The van der Waals surface area contributed by atoms with Crippen molar-refractivity contribution in [2.45, 2.75) is 18.6 Å². The van der Waals surface area contributed by atoms with Gasteiger partial charge in [0.05, 0.1) is 18.2 Å². The number of methoxy groups -OCH3 is 1. The van der Waals surface area contributed by atoms with Crippen molar-refractivity contribution in [2.75, 3.05) is 33.4 Å². The van der Waals surface area contributed by atoms with Crippen molar-refractivity contribution < 1.29 is 18.7 Å². The van der Waals surface area contributed by atoms with Crippen LogP contribution in [0.5, 0.6) is 0 Å². The molecule has 0 aliphatic carbocycles. The molecule has 1 amide bonds. The lowest BCUT2D eigenvalue weighted by Crippen LogP contribution is -2.54. The number of carbonyl (C=O) groups excluding carboxylic acids is 1. The Kier molecular flexibility index (Phi) is 7.70. The number of carbonyl (C=O) groups is 1. The summed E-state index contributed by atoms with van der Waals surface area (Å²) in [6.07, 6.45) is -0.522. The Morgan fingerprint density at radius 2 is 2.35 bits per heavy atom. The predicted octanol–water partition coefficient (Wildman–Crippen LogP) is 2.08. The normalized spacial score (nSPS) is 24.4. The quantitative estimate of drug-likeness (QED) is 0.856. The number of halogens is 3. The number of ether oxygens (including phenoxy) is 2. The molecule has 1 aromatic rings. The highest BCUT2D eigenvalue weighted by molar-refractivity contribution is 6.30. The largest absolute Gasteiger partial charge is 0.372 e. The molecule has 2 rings (SSSR count). The van der Waals surface area contributed by atoms with Crippen LogP contribution >= 0.6 is 24.0 Å². The van der Waals surface area contributed by atoms with E-state index in [2.05, 4.69) is 10.6 Å². The van der Waals surface area contributed by atoms with Crippen LogP contribution in [0.25, 0.3) is 0 Å². The summed E-state index contributed by atoms with van der Waals surface area (Å²) in [7, 11) is 1.55.